The van der Waals surface area contributed by atoms with Gasteiger partial charge in [-0.3, -0.25) is 4.90 Å². The lowest BCUT2D eigenvalue weighted by Crippen LogP contribution is -2.82. The van der Waals surface area contributed by atoms with Gasteiger partial charge in [-0.1, -0.05) is 24.6 Å². The molecule has 3 saturated carbocycles. The molecule has 8 aliphatic rings. The predicted molar refractivity (Wildman–Crippen MR) is 124 cm³/mol. The van der Waals surface area contributed by atoms with Crippen LogP contribution in [0.15, 0.2) is 24.3 Å². The first-order chi connectivity index (χ1) is 16.1. The molecule has 5 nitrogen and oxygen atoms in total. The number of aliphatic hydroxyl groups is 1. The van der Waals surface area contributed by atoms with Crippen molar-refractivity contribution in [2.45, 2.75) is 80.6 Å². The third kappa shape index (κ3) is 1.91. The summed E-state index contributed by atoms with van der Waals surface area (Å²) in [5.74, 6) is 2.67. The summed E-state index contributed by atoms with van der Waals surface area (Å²) >= 11 is 0. The Labute approximate surface area is 196 Å². The van der Waals surface area contributed by atoms with Crippen molar-refractivity contribution in [1.29, 1.82) is 0 Å². The highest BCUT2D eigenvalue weighted by Gasteiger charge is 2.83. The molecule has 9 rings (SSSR count). The smallest absolute Gasteiger partial charge is 0.166 e. The van der Waals surface area contributed by atoms with Crippen LogP contribution < -0.4 is 9.47 Å². The molecule has 4 bridgehead atoms. The molecular weight excluding hydrogens is 414 g/mol. The van der Waals surface area contributed by atoms with E-state index in [4.69, 9.17) is 14.2 Å². The van der Waals surface area contributed by atoms with Gasteiger partial charge in [-0.05, 0) is 69.0 Å². The summed E-state index contributed by atoms with van der Waals surface area (Å²) in [6, 6.07) is 4.87. The average Bonchev–Trinajstić information content (AvgIpc) is 3.47. The van der Waals surface area contributed by atoms with Gasteiger partial charge >= 0.3 is 0 Å². The summed E-state index contributed by atoms with van der Waals surface area (Å²) in [5.41, 5.74) is 1.83. The molecule has 1 N–H and O–H groups in total. The molecule has 4 fully saturated rings. The van der Waals surface area contributed by atoms with Gasteiger partial charge in [-0.25, -0.2) is 0 Å². The van der Waals surface area contributed by atoms with E-state index in [1.165, 1.54) is 30.5 Å². The largest absolute Gasteiger partial charge is 0.493 e. The van der Waals surface area contributed by atoms with Gasteiger partial charge in [0, 0.05) is 36.1 Å². The van der Waals surface area contributed by atoms with E-state index in [9.17, 15) is 5.11 Å². The molecule has 7 atom stereocenters. The summed E-state index contributed by atoms with van der Waals surface area (Å²) in [4.78, 5) is 2.83. The SMILES string of the molecule is COc1ccc2c3c1O[C@@H]1[C@@]4(OC)C=C[C@@]5(C[C@@]46CCC[C@@H]6O)[C@@H](C2)N(CC2CC2)CC[C@]315. The first-order valence-corrected chi connectivity index (χ1v) is 13.1. The number of benzene rings is 1. The third-order valence-corrected chi connectivity index (χ3v) is 11.3. The number of rotatable bonds is 4. The lowest BCUT2D eigenvalue weighted by molar-refractivity contribution is -0.268. The van der Waals surface area contributed by atoms with E-state index in [0.717, 1.165) is 62.5 Å². The number of hydrogen-bond donors (Lipinski definition) is 1. The minimum atomic E-state index is -0.605. The number of ether oxygens (including phenoxy) is 3. The van der Waals surface area contributed by atoms with Crippen molar-refractivity contribution in [1.82, 2.24) is 4.90 Å². The molecule has 0 unspecified atom stereocenters. The van der Waals surface area contributed by atoms with Crippen LogP contribution in [0.2, 0.25) is 0 Å². The minimum Gasteiger partial charge on any atom is -0.493 e. The maximum atomic E-state index is 11.6. The van der Waals surface area contributed by atoms with E-state index in [1.807, 2.05) is 7.11 Å². The maximum Gasteiger partial charge on any atom is 0.166 e. The van der Waals surface area contributed by atoms with Crippen LogP contribution in [-0.4, -0.2) is 61.2 Å². The second-order valence-corrected chi connectivity index (χ2v) is 12.1. The van der Waals surface area contributed by atoms with Gasteiger partial charge in [0.2, 0.25) is 0 Å². The molecule has 5 heteroatoms. The number of piperidine rings is 1. The van der Waals surface area contributed by atoms with Crippen molar-refractivity contribution >= 4 is 0 Å². The molecule has 2 heterocycles. The van der Waals surface area contributed by atoms with E-state index in [0.29, 0.717) is 6.04 Å². The van der Waals surface area contributed by atoms with Gasteiger partial charge in [-0.15, -0.1) is 0 Å². The first-order valence-electron chi connectivity index (χ1n) is 13.1. The second kappa shape index (κ2) is 5.98. The van der Waals surface area contributed by atoms with E-state index >= 15 is 0 Å². The standard InChI is InChI=1S/C28H35NO4/c1-31-19-8-7-18-14-20-25-10-11-28(32-2,26(16-25)9-3-4-21(26)30)24-27(25,22(18)23(19)33-24)12-13-29(20)15-17-5-6-17/h7-8,10-11,17,20-21,24,30H,3-6,9,12-16H2,1-2H3/t20-,21+,24+,25-,26-,27+,28+/m1/s1. The van der Waals surface area contributed by atoms with Crippen LogP contribution in [0.3, 0.4) is 0 Å². The highest BCUT2D eigenvalue weighted by atomic mass is 16.6. The molecule has 0 amide bonds. The van der Waals surface area contributed by atoms with Gasteiger partial charge in [0.05, 0.1) is 18.6 Å². The van der Waals surface area contributed by atoms with Crippen molar-refractivity contribution in [3.63, 3.8) is 0 Å². The Bertz CT molecular complexity index is 1080. The molecule has 3 spiro atoms. The normalized spacial score (nSPS) is 48.3. The van der Waals surface area contributed by atoms with E-state index in [1.54, 1.807) is 7.11 Å². The van der Waals surface area contributed by atoms with Crippen LogP contribution in [0.1, 0.15) is 56.1 Å². The van der Waals surface area contributed by atoms with E-state index in [2.05, 4.69) is 29.2 Å². The molecule has 176 valence electrons. The number of likely N-dealkylation sites (tertiary alicyclic amines) is 1. The zero-order chi connectivity index (χ0) is 22.2. The molecule has 1 saturated heterocycles. The zero-order valence-corrected chi connectivity index (χ0v) is 19.8. The zero-order valence-electron chi connectivity index (χ0n) is 19.8. The van der Waals surface area contributed by atoms with Crippen LogP contribution in [0.25, 0.3) is 0 Å². The average molecular weight is 450 g/mol. The number of methoxy groups -OCH3 is 2. The lowest BCUT2D eigenvalue weighted by atomic mass is 9.33. The topological polar surface area (TPSA) is 51.2 Å². The lowest BCUT2D eigenvalue weighted by Gasteiger charge is -2.74. The summed E-state index contributed by atoms with van der Waals surface area (Å²) < 4.78 is 19.5. The van der Waals surface area contributed by atoms with Crippen LogP contribution in [0.5, 0.6) is 11.5 Å². The van der Waals surface area contributed by atoms with Crippen LogP contribution >= 0.6 is 0 Å². The van der Waals surface area contributed by atoms with Gasteiger partial charge in [0.1, 0.15) is 11.7 Å². The van der Waals surface area contributed by atoms with Crippen molar-refractivity contribution in [2.75, 3.05) is 27.3 Å². The predicted octanol–water partition coefficient (Wildman–Crippen LogP) is 3.61. The van der Waals surface area contributed by atoms with Crippen molar-refractivity contribution in [3.05, 3.63) is 35.4 Å². The summed E-state index contributed by atoms with van der Waals surface area (Å²) in [7, 11) is 3.60. The van der Waals surface area contributed by atoms with Crippen molar-refractivity contribution < 1.29 is 19.3 Å². The van der Waals surface area contributed by atoms with Crippen LogP contribution in [0.4, 0.5) is 0 Å². The van der Waals surface area contributed by atoms with Crippen molar-refractivity contribution in [3.8, 4) is 11.5 Å². The maximum absolute atomic E-state index is 11.6. The van der Waals surface area contributed by atoms with Gasteiger partial charge in [0.25, 0.3) is 0 Å². The monoisotopic (exact) mass is 449 g/mol. The Morgan fingerprint density at radius 3 is 2.76 bits per heavy atom. The molecule has 33 heavy (non-hydrogen) atoms. The number of hydrogen-bond acceptors (Lipinski definition) is 5. The third-order valence-electron chi connectivity index (χ3n) is 11.3. The van der Waals surface area contributed by atoms with Gasteiger partial charge < -0.3 is 19.3 Å². The van der Waals surface area contributed by atoms with Gasteiger partial charge in [0.15, 0.2) is 11.5 Å². The Morgan fingerprint density at radius 1 is 1.15 bits per heavy atom. The molecule has 6 aliphatic carbocycles. The highest BCUT2D eigenvalue weighted by Crippen LogP contribution is 2.78. The summed E-state index contributed by atoms with van der Waals surface area (Å²) in [5, 5.41) is 11.6. The number of nitrogens with zero attached hydrogens (tertiary/aromatic N) is 1. The molecule has 2 aliphatic heterocycles. The Kier molecular flexibility index (Phi) is 3.57. The fourth-order valence-corrected chi connectivity index (χ4v) is 9.91. The molecule has 0 radical (unpaired) electrons. The quantitative estimate of drug-likeness (QED) is 0.712. The Balaban J connectivity index is 1.42. The van der Waals surface area contributed by atoms with Gasteiger partial charge in [-0.2, -0.15) is 0 Å². The summed E-state index contributed by atoms with van der Waals surface area (Å²) in [6.07, 6.45) is 13.3. The fourth-order valence-electron chi connectivity index (χ4n) is 9.91. The van der Waals surface area contributed by atoms with E-state index in [-0.39, 0.29) is 28.5 Å². The molecule has 1 aromatic rings. The molecular formula is C28H35NO4. The number of aliphatic hydroxyl groups excluding tert-OH is 1. The fraction of sp³-hybridized carbons (Fsp3) is 0.714. The molecule has 1 aromatic carbocycles. The minimum absolute atomic E-state index is 0.0268. The summed E-state index contributed by atoms with van der Waals surface area (Å²) in [6.45, 7) is 2.35. The van der Waals surface area contributed by atoms with Crippen molar-refractivity contribution in [2.24, 2.45) is 16.7 Å². The molecule has 0 aromatic heterocycles. The highest BCUT2D eigenvalue weighted by molar-refractivity contribution is 5.66. The Morgan fingerprint density at radius 2 is 2.03 bits per heavy atom. The van der Waals surface area contributed by atoms with E-state index < -0.39 is 5.60 Å². The first kappa shape index (κ1) is 19.7. The Hall–Kier alpha value is -1.56. The van der Waals surface area contributed by atoms with Crippen LogP contribution in [0, 0.1) is 16.7 Å². The van der Waals surface area contributed by atoms with Crippen LogP contribution in [-0.2, 0) is 16.6 Å². The second-order valence-electron chi connectivity index (χ2n) is 12.1.